The van der Waals surface area contributed by atoms with Gasteiger partial charge in [-0.15, -0.1) is 0 Å². The predicted octanol–water partition coefficient (Wildman–Crippen LogP) is 32.4. The number of benzene rings is 4. The minimum atomic E-state index is -0.0186. The molecule has 138 heavy (non-hydrogen) atoms. The summed E-state index contributed by atoms with van der Waals surface area (Å²) in [4.78, 5) is 74.8. The lowest BCUT2D eigenvalue weighted by Crippen LogP contribution is -2.36. The molecule has 0 saturated heterocycles. The van der Waals surface area contributed by atoms with E-state index in [-0.39, 0.29) is 36.2 Å². The number of nitrogens with one attached hydrogen (secondary N) is 12. The highest BCUT2D eigenvalue weighted by Gasteiger charge is 2.20. The molecule has 0 atom stereocenters. The Morgan fingerprint density at radius 1 is 0.130 bits per heavy atom. The normalized spacial score (nSPS) is 11.4. The van der Waals surface area contributed by atoms with Crippen LogP contribution < -0.4 is 63.8 Å². The Hall–Kier alpha value is -6.72. The van der Waals surface area contributed by atoms with Crippen LogP contribution in [0.25, 0.3) is 32.3 Å². The zero-order valence-corrected chi connectivity index (χ0v) is 90.6. The molecule has 4 rings (SSSR count). The molecule has 0 spiro atoms. The van der Waals surface area contributed by atoms with Crippen molar-refractivity contribution in [1.82, 2.24) is 63.8 Å². The molecular weight excluding hydrogens is 1710 g/mol. The maximum Gasteiger partial charge on any atom is 0.314 e. The Morgan fingerprint density at radius 2 is 0.217 bits per heavy atom. The molecular formula is C120H216N12O6. The number of rotatable bonds is 96. The van der Waals surface area contributed by atoms with Crippen molar-refractivity contribution < 1.29 is 28.8 Å². The largest absolute Gasteiger partial charge is 0.338 e. The molecule has 0 saturated carbocycles. The minimum absolute atomic E-state index is 0.0186. The molecule has 0 aliphatic carbocycles. The number of aryl methyl sites for hydroxylation is 6. The van der Waals surface area contributed by atoms with E-state index >= 15 is 0 Å². The van der Waals surface area contributed by atoms with Gasteiger partial charge in [-0.3, -0.25) is 0 Å². The van der Waals surface area contributed by atoms with Crippen LogP contribution in [0.4, 0.5) is 28.8 Å². The van der Waals surface area contributed by atoms with Gasteiger partial charge in [-0.05, 0) is 220 Å². The quantitative estimate of drug-likeness (QED) is 0.0151. The molecule has 0 aromatic heterocycles. The summed E-state index contributed by atoms with van der Waals surface area (Å²) >= 11 is 0. The Kier molecular flexibility index (Phi) is 80.9. The number of amides is 12. The number of urea groups is 6. The number of unbranched alkanes of at least 4 members (excludes halogenated alkanes) is 60. The van der Waals surface area contributed by atoms with Crippen molar-refractivity contribution in [2.24, 2.45) is 0 Å². The van der Waals surface area contributed by atoms with E-state index in [1.165, 1.54) is 379 Å². The molecule has 0 heterocycles. The van der Waals surface area contributed by atoms with Gasteiger partial charge in [-0.25, -0.2) is 28.8 Å². The van der Waals surface area contributed by atoms with Crippen LogP contribution in [0.1, 0.15) is 537 Å². The maximum absolute atomic E-state index is 12.5. The van der Waals surface area contributed by atoms with Crippen molar-refractivity contribution in [3.8, 4) is 0 Å². The smallest absolute Gasteiger partial charge is 0.314 e. The van der Waals surface area contributed by atoms with Crippen molar-refractivity contribution >= 4 is 68.5 Å². The molecule has 12 N–H and O–H groups in total. The van der Waals surface area contributed by atoms with Gasteiger partial charge in [-0.2, -0.15) is 0 Å². The molecule has 4 aromatic rings. The fourth-order valence-corrected chi connectivity index (χ4v) is 19.9. The van der Waals surface area contributed by atoms with Crippen LogP contribution in [0.3, 0.4) is 0 Å². The number of fused-ring (bicyclic) bond motifs is 6. The molecule has 0 fully saturated rings. The molecule has 792 valence electrons. The van der Waals surface area contributed by atoms with Crippen LogP contribution in [0, 0.1) is 0 Å². The SMILES string of the molecule is CCCCCCNC(=O)NCCCCCCCCCCc1cc2c3cc(CCCCCCCCCCNC(=O)NCCCCCC)c(CCCCCCCCCCNC(=O)NCCCCCC)cc3c3cc(CCCCCCCCCCNC(=O)NCCCCCC)c(CCCCCCCCCCNC(=O)NCCCCCC)cc3c2cc1CCCCCCCCCCNC(=O)NCCCCCC. The Balaban J connectivity index is 1.73. The third kappa shape index (κ3) is 66.2. The van der Waals surface area contributed by atoms with E-state index in [4.69, 9.17) is 0 Å². The van der Waals surface area contributed by atoms with Gasteiger partial charge in [-0.1, -0.05) is 425 Å². The zero-order valence-electron chi connectivity index (χ0n) is 90.6. The minimum Gasteiger partial charge on any atom is -0.338 e. The second-order valence-electron chi connectivity index (χ2n) is 41.4. The molecule has 0 aliphatic rings. The van der Waals surface area contributed by atoms with Crippen LogP contribution in [0.5, 0.6) is 0 Å². The summed E-state index contributed by atoms with van der Waals surface area (Å²) < 4.78 is 0. The molecule has 0 aliphatic heterocycles. The molecule has 18 heteroatoms. The summed E-state index contributed by atoms with van der Waals surface area (Å²) in [6, 6.07) is 16.4. The van der Waals surface area contributed by atoms with E-state index in [9.17, 15) is 28.8 Å². The van der Waals surface area contributed by atoms with E-state index in [1.807, 2.05) is 0 Å². The van der Waals surface area contributed by atoms with Crippen LogP contribution in [0.2, 0.25) is 0 Å². The van der Waals surface area contributed by atoms with Gasteiger partial charge in [0.05, 0.1) is 0 Å². The highest BCUT2D eigenvalue weighted by Crippen LogP contribution is 2.42. The van der Waals surface area contributed by atoms with Gasteiger partial charge < -0.3 is 63.8 Å². The van der Waals surface area contributed by atoms with Gasteiger partial charge in [0.1, 0.15) is 0 Å². The summed E-state index contributed by atoms with van der Waals surface area (Å²) in [5, 5.41) is 45.7. The van der Waals surface area contributed by atoms with Crippen LogP contribution in [0.15, 0.2) is 36.4 Å². The second kappa shape index (κ2) is 90.3. The first-order valence-electron chi connectivity index (χ1n) is 59.5. The van der Waals surface area contributed by atoms with Gasteiger partial charge in [0.15, 0.2) is 0 Å². The lowest BCUT2D eigenvalue weighted by atomic mass is 9.84. The fourth-order valence-electron chi connectivity index (χ4n) is 19.9. The molecule has 0 radical (unpaired) electrons. The standard InChI is InChI=1S/C120H216N12O6/c1-7-13-19-67-85-121-115(133)127-91-73-55-43-31-25-37-49-61-79-103-97-109-110(98-104(103)80-62-50-38-26-32-44-56-74-92-128-116(134)122-86-68-20-14-8-2)112-100-106(82-64-52-40-28-34-46-58-76-94-130-118(136)124-88-70-22-16-10-4)108(84-66-54-42-30-36-48-60-78-96-132-120(138)126-90-72-24-18-12-6)102-114(112)113-101-107(83-65-53-41-29-35-47-59-77-95-131-119(137)125-89-71-23-17-11-5)105(99-111(109)113)81-63-51-39-27-33-45-57-75-93-129-117(135)123-87-69-21-15-9-3/h97-102H,7-96H2,1-6H3,(H2,121,127,133)(H2,122,128,134)(H2,123,129,135)(H2,124,130,136)(H2,125,131,137)(H2,126,132,138). The molecule has 0 bridgehead atoms. The third-order valence-electron chi connectivity index (χ3n) is 28.7. The van der Waals surface area contributed by atoms with Crippen molar-refractivity contribution in [2.75, 3.05) is 78.5 Å². The maximum atomic E-state index is 12.5. The summed E-state index contributed by atoms with van der Waals surface area (Å²) in [6.07, 6.45) is 92.3. The average Bonchev–Trinajstić information content (AvgIpc) is 0.724. The summed E-state index contributed by atoms with van der Waals surface area (Å²) in [6.45, 7) is 22.4. The van der Waals surface area contributed by atoms with Crippen LogP contribution in [-0.2, 0) is 38.5 Å². The topological polar surface area (TPSA) is 247 Å². The van der Waals surface area contributed by atoms with Crippen molar-refractivity contribution in [3.63, 3.8) is 0 Å². The monoisotopic (exact) mass is 1920 g/mol. The lowest BCUT2D eigenvalue weighted by molar-refractivity contribution is 0.239. The molecule has 12 amide bonds. The van der Waals surface area contributed by atoms with Gasteiger partial charge in [0.2, 0.25) is 0 Å². The summed E-state index contributed by atoms with van der Waals surface area (Å²) in [5.41, 5.74) is 9.43. The molecule has 0 unspecified atom stereocenters. The first-order chi connectivity index (χ1) is 68.0. The first kappa shape index (κ1) is 124. The van der Waals surface area contributed by atoms with Crippen LogP contribution in [-0.4, -0.2) is 115 Å². The van der Waals surface area contributed by atoms with Crippen molar-refractivity contribution in [2.45, 2.75) is 542 Å². The van der Waals surface area contributed by atoms with E-state index in [0.29, 0.717) is 0 Å². The molecule has 18 nitrogen and oxygen atoms in total. The first-order valence-corrected chi connectivity index (χ1v) is 59.5. The number of carbonyl (C=O) groups excluding carboxylic acids is 6. The van der Waals surface area contributed by atoms with Crippen molar-refractivity contribution in [1.29, 1.82) is 0 Å². The zero-order chi connectivity index (χ0) is 98.8. The van der Waals surface area contributed by atoms with Gasteiger partial charge >= 0.3 is 36.2 Å². The number of hydrogen-bond donors (Lipinski definition) is 12. The fraction of sp³-hybridized carbons (Fsp3) is 0.800. The Morgan fingerprint density at radius 3 is 0.319 bits per heavy atom. The molecule has 4 aromatic carbocycles. The van der Waals surface area contributed by atoms with E-state index < -0.39 is 0 Å². The second-order valence-corrected chi connectivity index (χ2v) is 41.4. The summed E-state index contributed by atoms with van der Waals surface area (Å²) in [5.74, 6) is 0. The number of hydrogen-bond acceptors (Lipinski definition) is 6. The van der Waals surface area contributed by atoms with E-state index in [1.54, 1.807) is 33.4 Å². The van der Waals surface area contributed by atoms with Crippen molar-refractivity contribution in [3.05, 3.63) is 69.8 Å². The third-order valence-corrected chi connectivity index (χ3v) is 28.7. The highest BCUT2D eigenvalue weighted by atomic mass is 16.2. The Labute approximate surface area is 846 Å². The lowest BCUT2D eigenvalue weighted by Gasteiger charge is -2.21. The van der Waals surface area contributed by atoms with E-state index in [2.05, 4.69) is 142 Å². The van der Waals surface area contributed by atoms with Gasteiger partial charge in [0.25, 0.3) is 0 Å². The number of carbonyl (C=O) groups is 6. The van der Waals surface area contributed by atoms with E-state index in [0.717, 1.165) is 233 Å². The predicted molar refractivity (Wildman–Crippen MR) is 596 cm³/mol. The van der Waals surface area contributed by atoms with Gasteiger partial charge in [0, 0.05) is 78.5 Å². The highest BCUT2D eigenvalue weighted by molar-refractivity contribution is 6.26. The Bertz CT molecular complexity index is 3000. The summed E-state index contributed by atoms with van der Waals surface area (Å²) in [7, 11) is 0. The average molecular weight is 1920 g/mol. The van der Waals surface area contributed by atoms with Crippen LogP contribution >= 0.6 is 0 Å².